The molecule has 1 aliphatic rings. The third-order valence-electron chi connectivity index (χ3n) is 2.75. The number of aliphatic hydroxyl groups is 2. The lowest BCUT2D eigenvalue weighted by atomic mass is 9.78. The molecule has 0 radical (unpaired) electrons. The van der Waals surface area contributed by atoms with Crippen molar-refractivity contribution in [1.29, 1.82) is 0 Å². The van der Waals surface area contributed by atoms with Gasteiger partial charge in [-0.2, -0.15) is 0 Å². The third-order valence-corrected chi connectivity index (χ3v) is 2.75. The molecule has 0 aromatic rings. The number of ether oxygens (including phenoxy) is 1. The quantitative estimate of drug-likeness (QED) is 0.490. The number of rotatable bonds is 2. The van der Waals surface area contributed by atoms with E-state index in [4.69, 9.17) is 0 Å². The number of methoxy groups -OCH3 is 1. The van der Waals surface area contributed by atoms with Gasteiger partial charge < -0.3 is 14.9 Å². The average molecular weight is 200 g/mol. The minimum atomic E-state index is -0.865. The summed E-state index contributed by atoms with van der Waals surface area (Å²) in [5.41, 5.74) is 0. The Labute approximate surface area is 83.2 Å². The standard InChI is InChI=1S/C10H16O4/c1-3-6-4-7(10(13)14-2)5-8(11)9(6)12/h3,6-9,11-12H,1,4-5H2,2H3/t6?,7?,8-,9?/m1/s1. The number of esters is 1. The average Bonchev–Trinajstić information content (AvgIpc) is 2.20. The normalized spacial score (nSPS) is 37.6. The van der Waals surface area contributed by atoms with Crippen molar-refractivity contribution in [2.75, 3.05) is 7.11 Å². The Kier molecular flexibility index (Phi) is 3.66. The van der Waals surface area contributed by atoms with Crippen LogP contribution in [0.25, 0.3) is 0 Å². The summed E-state index contributed by atoms with van der Waals surface area (Å²) < 4.78 is 4.60. The number of hydrogen-bond donors (Lipinski definition) is 2. The van der Waals surface area contributed by atoms with Gasteiger partial charge in [0.05, 0.1) is 25.2 Å². The van der Waals surface area contributed by atoms with Crippen molar-refractivity contribution in [3.63, 3.8) is 0 Å². The molecule has 0 saturated heterocycles. The molecule has 80 valence electrons. The molecule has 1 aliphatic carbocycles. The van der Waals surface area contributed by atoms with Gasteiger partial charge in [-0.15, -0.1) is 6.58 Å². The van der Waals surface area contributed by atoms with Gasteiger partial charge in [0.2, 0.25) is 0 Å². The van der Waals surface area contributed by atoms with Crippen LogP contribution in [0.2, 0.25) is 0 Å². The van der Waals surface area contributed by atoms with Crippen LogP contribution < -0.4 is 0 Å². The van der Waals surface area contributed by atoms with E-state index in [1.807, 2.05) is 0 Å². The topological polar surface area (TPSA) is 66.8 Å². The van der Waals surface area contributed by atoms with Gasteiger partial charge in [0.1, 0.15) is 0 Å². The molecule has 2 N–H and O–H groups in total. The van der Waals surface area contributed by atoms with Crippen molar-refractivity contribution < 1.29 is 19.7 Å². The summed E-state index contributed by atoms with van der Waals surface area (Å²) in [4.78, 5) is 11.2. The summed E-state index contributed by atoms with van der Waals surface area (Å²) in [6.45, 7) is 3.57. The molecule has 0 aliphatic heterocycles. The molecular formula is C10H16O4. The summed E-state index contributed by atoms with van der Waals surface area (Å²) >= 11 is 0. The summed E-state index contributed by atoms with van der Waals surface area (Å²) in [6.07, 6.45) is 0.652. The van der Waals surface area contributed by atoms with Gasteiger partial charge in [-0.3, -0.25) is 4.79 Å². The van der Waals surface area contributed by atoms with E-state index in [1.54, 1.807) is 6.08 Å². The first-order chi connectivity index (χ1) is 6.60. The first-order valence-corrected chi connectivity index (χ1v) is 4.66. The number of carbonyl (C=O) groups is 1. The maximum absolute atomic E-state index is 11.2. The van der Waals surface area contributed by atoms with Gasteiger partial charge in [-0.1, -0.05) is 6.08 Å². The van der Waals surface area contributed by atoms with Crippen LogP contribution in [0, 0.1) is 11.8 Å². The van der Waals surface area contributed by atoms with Crippen LogP contribution in [0.1, 0.15) is 12.8 Å². The Hall–Kier alpha value is -0.870. The molecule has 1 saturated carbocycles. The van der Waals surface area contributed by atoms with Gasteiger partial charge in [0, 0.05) is 5.92 Å². The fraction of sp³-hybridized carbons (Fsp3) is 0.700. The number of hydrogen-bond acceptors (Lipinski definition) is 4. The highest BCUT2D eigenvalue weighted by Crippen LogP contribution is 2.31. The SMILES string of the molecule is C=CC1CC(C(=O)OC)C[C@@H](O)C1O. The summed E-state index contributed by atoms with van der Waals surface area (Å²) in [5.74, 6) is -0.896. The lowest BCUT2D eigenvalue weighted by Crippen LogP contribution is -2.42. The minimum absolute atomic E-state index is 0.233. The van der Waals surface area contributed by atoms with E-state index >= 15 is 0 Å². The van der Waals surface area contributed by atoms with E-state index < -0.39 is 12.2 Å². The molecule has 4 nitrogen and oxygen atoms in total. The highest BCUT2D eigenvalue weighted by molar-refractivity contribution is 5.72. The van der Waals surface area contributed by atoms with Crippen LogP contribution in [-0.2, 0) is 9.53 Å². The first kappa shape index (κ1) is 11.2. The van der Waals surface area contributed by atoms with Crippen molar-refractivity contribution >= 4 is 5.97 Å². The first-order valence-electron chi connectivity index (χ1n) is 4.66. The van der Waals surface area contributed by atoms with E-state index in [0.717, 1.165) is 0 Å². The van der Waals surface area contributed by atoms with Gasteiger partial charge >= 0.3 is 5.97 Å². The largest absolute Gasteiger partial charge is 0.469 e. The predicted octanol–water partition coefficient (Wildman–Crippen LogP) is 0.0934. The van der Waals surface area contributed by atoms with E-state index in [1.165, 1.54) is 7.11 Å². The Morgan fingerprint density at radius 1 is 1.50 bits per heavy atom. The molecule has 1 fully saturated rings. The second-order valence-electron chi connectivity index (χ2n) is 3.65. The maximum atomic E-state index is 11.2. The molecule has 0 amide bonds. The third kappa shape index (κ3) is 2.13. The maximum Gasteiger partial charge on any atom is 0.308 e. The minimum Gasteiger partial charge on any atom is -0.469 e. The molecule has 4 atom stereocenters. The van der Waals surface area contributed by atoms with Crippen LogP contribution in [-0.4, -0.2) is 35.5 Å². The van der Waals surface area contributed by atoms with Gasteiger partial charge in [-0.05, 0) is 12.8 Å². The smallest absolute Gasteiger partial charge is 0.308 e. The molecule has 0 bridgehead atoms. The fourth-order valence-corrected chi connectivity index (χ4v) is 1.88. The lowest BCUT2D eigenvalue weighted by Gasteiger charge is -2.33. The van der Waals surface area contributed by atoms with E-state index in [2.05, 4.69) is 11.3 Å². The summed E-state index contributed by atoms with van der Waals surface area (Å²) in [6, 6.07) is 0. The molecule has 4 heteroatoms. The van der Waals surface area contributed by atoms with Crippen molar-refractivity contribution in [3.8, 4) is 0 Å². The molecule has 0 aromatic heterocycles. The van der Waals surface area contributed by atoms with Crippen molar-refractivity contribution in [1.82, 2.24) is 0 Å². The van der Waals surface area contributed by atoms with E-state index in [0.29, 0.717) is 6.42 Å². The second-order valence-corrected chi connectivity index (χ2v) is 3.65. The molecule has 3 unspecified atom stereocenters. The van der Waals surface area contributed by atoms with Crippen molar-refractivity contribution in [2.24, 2.45) is 11.8 Å². The Morgan fingerprint density at radius 2 is 2.14 bits per heavy atom. The van der Waals surface area contributed by atoms with E-state index in [-0.39, 0.29) is 24.2 Å². The lowest BCUT2D eigenvalue weighted by molar-refractivity contribution is -0.151. The molecule has 0 aromatic carbocycles. The van der Waals surface area contributed by atoms with E-state index in [9.17, 15) is 15.0 Å². The van der Waals surface area contributed by atoms with Gasteiger partial charge in [0.15, 0.2) is 0 Å². The summed E-state index contributed by atoms with van der Waals surface area (Å²) in [5, 5.41) is 19.0. The highest BCUT2D eigenvalue weighted by atomic mass is 16.5. The Morgan fingerprint density at radius 3 is 2.64 bits per heavy atom. The molecule has 14 heavy (non-hydrogen) atoms. The zero-order chi connectivity index (χ0) is 10.7. The number of aliphatic hydroxyl groups excluding tert-OH is 2. The highest BCUT2D eigenvalue weighted by Gasteiger charge is 2.37. The Balaban J connectivity index is 2.67. The molecule has 0 heterocycles. The van der Waals surface area contributed by atoms with Crippen LogP contribution in [0.15, 0.2) is 12.7 Å². The van der Waals surface area contributed by atoms with Gasteiger partial charge in [0.25, 0.3) is 0 Å². The fourth-order valence-electron chi connectivity index (χ4n) is 1.88. The molecule has 1 rings (SSSR count). The Bertz CT molecular complexity index is 226. The summed E-state index contributed by atoms with van der Waals surface area (Å²) in [7, 11) is 1.32. The van der Waals surface area contributed by atoms with Gasteiger partial charge in [-0.25, -0.2) is 0 Å². The van der Waals surface area contributed by atoms with Crippen LogP contribution >= 0.6 is 0 Å². The van der Waals surface area contributed by atoms with Crippen molar-refractivity contribution in [3.05, 3.63) is 12.7 Å². The van der Waals surface area contributed by atoms with Crippen LogP contribution in [0.4, 0.5) is 0 Å². The van der Waals surface area contributed by atoms with Crippen LogP contribution in [0.3, 0.4) is 0 Å². The zero-order valence-electron chi connectivity index (χ0n) is 8.22. The molecule has 0 spiro atoms. The van der Waals surface area contributed by atoms with Crippen LogP contribution in [0.5, 0.6) is 0 Å². The van der Waals surface area contributed by atoms with Crippen molar-refractivity contribution in [2.45, 2.75) is 25.0 Å². The monoisotopic (exact) mass is 200 g/mol. The number of carbonyl (C=O) groups excluding carboxylic acids is 1. The zero-order valence-corrected chi connectivity index (χ0v) is 8.22. The predicted molar refractivity (Wildman–Crippen MR) is 50.4 cm³/mol. The molecular weight excluding hydrogens is 184 g/mol. The second kappa shape index (κ2) is 4.57.